The molecule has 3 heteroatoms. The number of nitrogen functional groups attached to an aromatic ring is 1. The fourth-order valence-corrected chi connectivity index (χ4v) is 2.11. The minimum absolute atomic E-state index is 0.0469. The van der Waals surface area contributed by atoms with Crippen LogP contribution in [0.5, 0.6) is 0 Å². The molecule has 90 valence electrons. The molecule has 17 heavy (non-hydrogen) atoms. The van der Waals surface area contributed by atoms with Crippen molar-refractivity contribution < 1.29 is 4.79 Å². The summed E-state index contributed by atoms with van der Waals surface area (Å²) in [6.07, 6.45) is 6.66. The van der Waals surface area contributed by atoms with E-state index < -0.39 is 0 Å². The highest BCUT2D eigenvalue weighted by Crippen LogP contribution is 2.26. The first kappa shape index (κ1) is 11.8. The van der Waals surface area contributed by atoms with Gasteiger partial charge in [-0.15, -0.1) is 0 Å². The van der Waals surface area contributed by atoms with E-state index in [-0.39, 0.29) is 5.78 Å². The van der Waals surface area contributed by atoms with E-state index in [4.69, 9.17) is 5.73 Å². The van der Waals surface area contributed by atoms with E-state index in [1.54, 1.807) is 6.20 Å². The van der Waals surface area contributed by atoms with Gasteiger partial charge in [0.15, 0.2) is 5.78 Å². The summed E-state index contributed by atoms with van der Waals surface area (Å²) >= 11 is 0. The molecule has 1 aromatic rings. The molecule has 0 aliphatic heterocycles. The van der Waals surface area contributed by atoms with Gasteiger partial charge in [0, 0.05) is 6.20 Å². The van der Waals surface area contributed by atoms with Crippen molar-refractivity contribution in [3.8, 4) is 0 Å². The molecule has 1 aliphatic rings. The number of pyridine rings is 1. The summed E-state index contributed by atoms with van der Waals surface area (Å²) in [4.78, 5) is 16.3. The summed E-state index contributed by atoms with van der Waals surface area (Å²) in [5.41, 5.74) is 8.17. The molecule has 3 nitrogen and oxygen atoms in total. The molecule has 1 unspecified atom stereocenters. The molecule has 0 saturated carbocycles. The van der Waals surface area contributed by atoms with E-state index in [9.17, 15) is 4.79 Å². The third kappa shape index (κ3) is 2.54. The lowest BCUT2D eigenvalue weighted by Gasteiger charge is -2.17. The van der Waals surface area contributed by atoms with Gasteiger partial charge in [-0.3, -0.25) is 4.79 Å². The summed E-state index contributed by atoms with van der Waals surface area (Å²) in [7, 11) is 0. The van der Waals surface area contributed by atoms with Crippen molar-refractivity contribution in [1.82, 2.24) is 4.98 Å². The molecule has 1 heterocycles. The Balaban J connectivity index is 2.28. The SMILES string of the molecule is Cc1cnc(N)c(C(=O)C2=CCC(C)CC2)c1. The largest absolute Gasteiger partial charge is 0.383 e. The highest BCUT2D eigenvalue weighted by Gasteiger charge is 2.19. The Morgan fingerprint density at radius 1 is 1.53 bits per heavy atom. The van der Waals surface area contributed by atoms with E-state index in [1.165, 1.54) is 0 Å². The maximum absolute atomic E-state index is 12.3. The van der Waals surface area contributed by atoms with E-state index in [2.05, 4.69) is 18.0 Å². The molecule has 1 atom stereocenters. The number of nitrogens with zero attached hydrogens (tertiary/aromatic N) is 1. The smallest absolute Gasteiger partial charge is 0.192 e. The monoisotopic (exact) mass is 230 g/mol. The molecule has 1 aliphatic carbocycles. The van der Waals surface area contributed by atoms with Crippen molar-refractivity contribution in [3.63, 3.8) is 0 Å². The first-order valence-corrected chi connectivity index (χ1v) is 6.03. The third-order valence-electron chi connectivity index (χ3n) is 3.26. The fourth-order valence-electron chi connectivity index (χ4n) is 2.11. The quantitative estimate of drug-likeness (QED) is 0.795. The lowest BCUT2D eigenvalue weighted by atomic mass is 9.87. The van der Waals surface area contributed by atoms with Crippen LogP contribution >= 0.6 is 0 Å². The molecular weight excluding hydrogens is 212 g/mol. The molecule has 0 radical (unpaired) electrons. The zero-order valence-electron chi connectivity index (χ0n) is 10.4. The zero-order valence-corrected chi connectivity index (χ0v) is 10.4. The number of carbonyl (C=O) groups is 1. The van der Waals surface area contributed by atoms with Crippen LogP contribution < -0.4 is 5.73 Å². The van der Waals surface area contributed by atoms with Crippen LogP contribution in [0.3, 0.4) is 0 Å². The first-order valence-electron chi connectivity index (χ1n) is 6.03. The van der Waals surface area contributed by atoms with Crippen LogP contribution in [0.25, 0.3) is 0 Å². The van der Waals surface area contributed by atoms with Crippen LogP contribution in [0.1, 0.15) is 42.1 Å². The number of ketones is 1. The summed E-state index contributed by atoms with van der Waals surface area (Å²) < 4.78 is 0. The van der Waals surface area contributed by atoms with Crippen molar-refractivity contribution in [1.29, 1.82) is 0 Å². The van der Waals surface area contributed by atoms with Crippen LogP contribution in [0, 0.1) is 12.8 Å². The van der Waals surface area contributed by atoms with E-state index >= 15 is 0 Å². The van der Waals surface area contributed by atoms with Gasteiger partial charge in [-0.1, -0.05) is 13.0 Å². The van der Waals surface area contributed by atoms with E-state index in [1.807, 2.05) is 13.0 Å². The number of anilines is 1. The maximum atomic E-state index is 12.3. The molecule has 2 rings (SSSR count). The number of carbonyl (C=O) groups excluding carboxylic acids is 1. The normalized spacial score (nSPS) is 19.9. The van der Waals surface area contributed by atoms with Gasteiger partial charge >= 0.3 is 0 Å². The second-order valence-electron chi connectivity index (χ2n) is 4.88. The van der Waals surface area contributed by atoms with Gasteiger partial charge in [0.2, 0.25) is 0 Å². The Bertz CT molecular complexity index is 477. The Kier molecular flexibility index (Phi) is 3.27. The number of Topliss-reactive ketones (excluding diaryl/α,β-unsaturated/α-hetero) is 1. The number of rotatable bonds is 2. The Morgan fingerprint density at radius 2 is 2.29 bits per heavy atom. The number of hydrogen-bond donors (Lipinski definition) is 1. The first-order chi connectivity index (χ1) is 8.08. The summed E-state index contributed by atoms with van der Waals surface area (Å²) in [6.45, 7) is 4.13. The minimum Gasteiger partial charge on any atom is -0.383 e. The molecule has 0 fully saturated rings. The average molecular weight is 230 g/mol. The van der Waals surface area contributed by atoms with Gasteiger partial charge in [0.1, 0.15) is 5.82 Å². The van der Waals surface area contributed by atoms with Gasteiger partial charge < -0.3 is 5.73 Å². The van der Waals surface area contributed by atoms with Crippen molar-refractivity contribution in [2.24, 2.45) is 5.92 Å². The Labute approximate surface area is 102 Å². The van der Waals surface area contributed by atoms with Crippen LogP contribution in [0.15, 0.2) is 23.9 Å². The molecule has 0 aromatic carbocycles. The molecule has 0 spiro atoms. The van der Waals surface area contributed by atoms with Gasteiger partial charge in [0.25, 0.3) is 0 Å². The number of allylic oxidation sites excluding steroid dienone is 2. The second-order valence-corrected chi connectivity index (χ2v) is 4.88. The number of nitrogens with two attached hydrogens (primary N) is 1. The Hall–Kier alpha value is -1.64. The van der Waals surface area contributed by atoms with Gasteiger partial charge in [-0.25, -0.2) is 4.98 Å². The molecule has 2 N–H and O–H groups in total. The van der Waals surface area contributed by atoms with Gasteiger partial charge in [0.05, 0.1) is 5.56 Å². The fraction of sp³-hybridized carbons (Fsp3) is 0.429. The summed E-state index contributed by atoms with van der Waals surface area (Å²) in [6, 6.07) is 1.82. The van der Waals surface area contributed by atoms with E-state index in [0.717, 1.165) is 30.4 Å². The van der Waals surface area contributed by atoms with Crippen molar-refractivity contribution >= 4 is 11.6 Å². The van der Waals surface area contributed by atoms with Crippen LogP contribution in [0.4, 0.5) is 5.82 Å². The molecule has 0 bridgehead atoms. The van der Waals surface area contributed by atoms with Crippen molar-refractivity contribution in [2.75, 3.05) is 5.73 Å². The molecule has 1 aromatic heterocycles. The van der Waals surface area contributed by atoms with Crippen LogP contribution in [-0.2, 0) is 0 Å². The Morgan fingerprint density at radius 3 is 2.94 bits per heavy atom. The molecular formula is C14H18N2O. The number of aryl methyl sites for hydroxylation is 1. The third-order valence-corrected chi connectivity index (χ3v) is 3.26. The lowest BCUT2D eigenvalue weighted by molar-refractivity contribution is 0.102. The predicted octanol–water partition coefficient (Wildman–Crippen LogP) is 2.90. The standard InChI is InChI=1S/C14H18N2O/c1-9-3-5-11(6-4-9)13(17)12-7-10(2)8-16-14(12)15/h5,7-9H,3-4,6H2,1-2H3,(H2,15,16). The lowest BCUT2D eigenvalue weighted by Crippen LogP contribution is -2.12. The van der Waals surface area contributed by atoms with Gasteiger partial charge in [-0.2, -0.15) is 0 Å². The van der Waals surface area contributed by atoms with Crippen molar-refractivity contribution in [3.05, 3.63) is 35.0 Å². The number of aromatic nitrogens is 1. The van der Waals surface area contributed by atoms with E-state index in [0.29, 0.717) is 17.3 Å². The summed E-state index contributed by atoms with van der Waals surface area (Å²) in [5.74, 6) is 1.06. The van der Waals surface area contributed by atoms with Crippen LogP contribution in [-0.4, -0.2) is 10.8 Å². The highest BCUT2D eigenvalue weighted by molar-refractivity contribution is 6.11. The second kappa shape index (κ2) is 4.70. The highest BCUT2D eigenvalue weighted by atomic mass is 16.1. The summed E-state index contributed by atoms with van der Waals surface area (Å²) in [5, 5.41) is 0. The van der Waals surface area contributed by atoms with Gasteiger partial charge in [-0.05, 0) is 49.3 Å². The molecule has 0 amide bonds. The topological polar surface area (TPSA) is 56.0 Å². The number of hydrogen-bond acceptors (Lipinski definition) is 3. The predicted molar refractivity (Wildman–Crippen MR) is 68.8 cm³/mol. The average Bonchev–Trinajstić information content (AvgIpc) is 2.32. The molecule has 0 saturated heterocycles. The zero-order chi connectivity index (χ0) is 12.4. The van der Waals surface area contributed by atoms with Crippen LogP contribution in [0.2, 0.25) is 0 Å². The minimum atomic E-state index is 0.0469. The maximum Gasteiger partial charge on any atom is 0.192 e. The van der Waals surface area contributed by atoms with Crippen molar-refractivity contribution in [2.45, 2.75) is 33.1 Å².